The summed E-state index contributed by atoms with van der Waals surface area (Å²) in [5.74, 6) is -0.484. The topological polar surface area (TPSA) is 62.3 Å². The van der Waals surface area contributed by atoms with Crippen molar-refractivity contribution in [2.45, 2.75) is 18.9 Å². The Kier molecular flexibility index (Phi) is 4.27. The summed E-state index contributed by atoms with van der Waals surface area (Å²) >= 11 is 11.5. The van der Waals surface area contributed by atoms with E-state index in [0.29, 0.717) is 5.56 Å². The average Bonchev–Trinajstić information content (AvgIpc) is 3.10. The maximum atomic E-state index is 12.1. The number of hydrogen-bond acceptors (Lipinski definition) is 3. The lowest BCUT2D eigenvalue weighted by molar-refractivity contribution is -0.121. The van der Waals surface area contributed by atoms with Gasteiger partial charge in [-0.2, -0.15) is 0 Å². The lowest BCUT2D eigenvalue weighted by atomic mass is 10.2. The normalized spacial score (nSPS) is 14.1. The zero-order valence-electron chi connectivity index (χ0n) is 10.3. The Balaban J connectivity index is 1.98. The largest absolute Gasteiger partial charge is 0.352 e. The second-order valence-electron chi connectivity index (χ2n) is 4.50. The molecule has 0 saturated heterocycles. The van der Waals surface area contributed by atoms with Crippen LogP contribution in [0.1, 0.15) is 23.2 Å². The Labute approximate surface area is 120 Å². The van der Waals surface area contributed by atoms with Gasteiger partial charge < -0.3 is 10.2 Å². The van der Waals surface area contributed by atoms with E-state index in [-0.39, 0.29) is 34.7 Å². The van der Waals surface area contributed by atoms with Gasteiger partial charge in [-0.25, -0.2) is 4.98 Å². The molecular weight excluding hydrogens is 289 g/mol. The Morgan fingerprint density at radius 2 is 1.95 bits per heavy atom. The highest BCUT2D eigenvalue weighted by atomic mass is 35.5. The number of pyridine rings is 1. The van der Waals surface area contributed by atoms with E-state index in [1.54, 1.807) is 7.05 Å². The van der Waals surface area contributed by atoms with E-state index in [0.717, 1.165) is 12.8 Å². The highest BCUT2D eigenvalue weighted by molar-refractivity contribution is 6.33. The first kappa shape index (κ1) is 14.1. The third kappa shape index (κ3) is 4.08. The quantitative estimate of drug-likeness (QED) is 0.862. The number of nitrogens with one attached hydrogen (secondary N) is 1. The monoisotopic (exact) mass is 301 g/mol. The summed E-state index contributed by atoms with van der Waals surface area (Å²) in [7, 11) is 1.55. The van der Waals surface area contributed by atoms with Crippen LogP contribution in [0.15, 0.2) is 12.1 Å². The van der Waals surface area contributed by atoms with E-state index >= 15 is 0 Å². The van der Waals surface area contributed by atoms with E-state index in [1.165, 1.54) is 17.0 Å². The van der Waals surface area contributed by atoms with E-state index in [2.05, 4.69) is 10.3 Å². The molecule has 2 amide bonds. The van der Waals surface area contributed by atoms with Crippen LogP contribution in [0.2, 0.25) is 10.3 Å². The van der Waals surface area contributed by atoms with Crippen LogP contribution in [-0.4, -0.2) is 41.3 Å². The molecule has 1 aliphatic rings. The molecule has 0 radical (unpaired) electrons. The van der Waals surface area contributed by atoms with Gasteiger partial charge in [0.15, 0.2) is 0 Å². The summed E-state index contributed by atoms with van der Waals surface area (Å²) < 4.78 is 0. The molecule has 0 aromatic carbocycles. The minimum absolute atomic E-state index is 0.00684. The van der Waals surface area contributed by atoms with E-state index in [9.17, 15) is 9.59 Å². The molecule has 1 N–H and O–H groups in total. The SMILES string of the molecule is CN(CC(=O)NC1CC1)C(=O)c1cc(Cl)nc(Cl)c1. The highest BCUT2D eigenvalue weighted by Gasteiger charge is 2.24. The van der Waals surface area contributed by atoms with E-state index in [4.69, 9.17) is 23.2 Å². The first-order valence-corrected chi connectivity index (χ1v) is 6.59. The van der Waals surface area contributed by atoms with Gasteiger partial charge in [0.1, 0.15) is 10.3 Å². The molecule has 0 aliphatic heterocycles. The van der Waals surface area contributed by atoms with Gasteiger partial charge >= 0.3 is 0 Å². The van der Waals surface area contributed by atoms with Gasteiger partial charge in [0.2, 0.25) is 5.91 Å². The average molecular weight is 302 g/mol. The summed E-state index contributed by atoms with van der Waals surface area (Å²) in [5, 5.41) is 3.11. The summed E-state index contributed by atoms with van der Waals surface area (Å²) in [6, 6.07) is 3.12. The molecule has 0 unspecified atom stereocenters. The van der Waals surface area contributed by atoms with Crippen molar-refractivity contribution in [3.63, 3.8) is 0 Å². The molecule has 19 heavy (non-hydrogen) atoms. The van der Waals surface area contributed by atoms with Crippen LogP contribution in [0.4, 0.5) is 0 Å². The third-order valence-corrected chi connectivity index (χ3v) is 3.07. The number of halogens is 2. The maximum absolute atomic E-state index is 12.1. The Hall–Kier alpha value is -1.33. The van der Waals surface area contributed by atoms with Gasteiger partial charge in [0, 0.05) is 18.7 Å². The van der Waals surface area contributed by atoms with E-state index < -0.39 is 0 Å². The summed E-state index contributed by atoms with van der Waals surface area (Å²) in [6.07, 6.45) is 2.03. The van der Waals surface area contributed by atoms with Crippen molar-refractivity contribution >= 4 is 35.0 Å². The van der Waals surface area contributed by atoms with Gasteiger partial charge in [0.25, 0.3) is 5.91 Å². The minimum Gasteiger partial charge on any atom is -0.352 e. The number of carbonyl (C=O) groups excluding carboxylic acids is 2. The molecule has 1 aromatic rings. The first-order chi connectivity index (χ1) is 8.95. The number of rotatable bonds is 4. The molecular formula is C12H13Cl2N3O2. The molecule has 0 spiro atoms. The van der Waals surface area contributed by atoms with Crippen molar-refractivity contribution in [3.05, 3.63) is 28.0 Å². The van der Waals surface area contributed by atoms with Crippen molar-refractivity contribution in [2.24, 2.45) is 0 Å². The van der Waals surface area contributed by atoms with Crippen LogP contribution < -0.4 is 5.32 Å². The van der Waals surface area contributed by atoms with Crippen LogP contribution >= 0.6 is 23.2 Å². The fourth-order valence-electron chi connectivity index (χ4n) is 1.60. The van der Waals surface area contributed by atoms with Gasteiger partial charge in [-0.1, -0.05) is 23.2 Å². The maximum Gasteiger partial charge on any atom is 0.254 e. The van der Waals surface area contributed by atoms with Gasteiger partial charge in [0.05, 0.1) is 6.54 Å². The Bertz CT molecular complexity index is 497. The van der Waals surface area contributed by atoms with Crippen molar-refractivity contribution in [1.82, 2.24) is 15.2 Å². The molecule has 1 saturated carbocycles. The van der Waals surface area contributed by atoms with Crippen molar-refractivity contribution in [3.8, 4) is 0 Å². The lowest BCUT2D eigenvalue weighted by Gasteiger charge is -2.17. The fourth-order valence-corrected chi connectivity index (χ4v) is 2.06. The molecule has 0 atom stereocenters. The van der Waals surface area contributed by atoms with Crippen molar-refractivity contribution in [1.29, 1.82) is 0 Å². The molecule has 0 bridgehead atoms. The van der Waals surface area contributed by atoms with Crippen LogP contribution in [0.5, 0.6) is 0 Å². The number of amides is 2. The molecule has 1 fully saturated rings. The second-order valence-corrected chi connectivity index (χ2v) is 5.28. The van der Waals surface area contributed by atoms with Crippen LogP contribution in [0.25, 0.3) is 0 Å². The number of aromatic nitrogens is 1. The molecule has 7 heteroatoms. The van der Waals surface area contributed by atoms with Crippen LogP contribution in [0, 0.1) is 0 Å². The number of nitrogens with zero attached hydrogens (tertiary/aromatic N) is 2. The summed E-state index contributed by atoms with van der Waals surface area (Å²) in [4.78, 5) is 28.8. The number of likely N-dealkylation sites (N-methyl/N-ethyl adjacent to an activating group) is 1. The van der Waals surface area contributed by atoms with Crippen LogP contribution in [0.3, 0.4) is 0 Å². The zero-order valence-corrected chi connectivity index (χ0v) is 11.8. The molecule has 1 aromatic heterocycles. The Morgan fingerprint density at radius 1 is 1.37 bits per heavy atom. The van der Waals surface area contributed by atoms with Crippen LogP contribution in [-0.2, 0) is 4.79 Å². The number of hydrogen-bond donors (Lipinski definition) is 1. The van der Waals surface area contributed by atoms with Crippen molar-refractivity contribution < 1.29 is 9.59 Å². The molecule has 1 heterocycles. The van der Waals surface area contributed by atoms with Gasteiger partial charge in [-0.15, -0.1) is 0 Å². The standard InChI is InChI=1S/C12H13Cl2N3O2/c1-17(6-11(18)15-8-2-3-8)12(19)7-4-9(13)16-10(14)5-7/h4-5,8H,2-3,6H2,1H3,(H,15,18). The predicted octanol–water partition coefficient (Wildman–Crippen LogP) is 1.74. The Morgan fingerprint density at radius 3 is 2.47 bits per heavy atom. The highest BCUT2D eigenvalue weighted by Crippen LogP contribution is 2.18. The van der Waals surface area contributed by atoms with Crippen molar-refractivity contribution in [2.75, 3.05) is 13.6 Å². The third-order valence-electron chi connectivity index (χ3n) is 2.68. The van der Waals surface area contributed by atoms with Gasteiger partial charge in [-0.05, 0) is 25.0 Å². The number of carbonyl (C=O) groups is 2. The summed E-state index contributed by atoms with van der Waals surface area (Å²) in [5.41, 5.74) is 0.312. The first-order valence-electron chi connectivity index (χ1n) is 5.83. The minimum atomic E-state index is -0.322. The molecule has 102 valence electrons. The summed E-state index contributed by atoms with van der Waals surface area (Å²) in [6.45, 7) is 0.00684. The molecule has 5 nitrogen and oxygen atoms in total. The fraction of sp³-hybridized carbons (Fsp3) is 0.417. The predicted molar refractivity (Wildman–Crippen MR) is 72.4 cm³/mol. The second kappa shape index (κ2) is 5.75. The molecule has 2 rings (SSSR count). The smallest absolute Gasteiger partial charge is 0.254 e. The van der Waals surface area contributed by atoms with E-state index in [1.807, 2.05) is 0 Å². The lowest BCUT2D eigenvalue weighted by Crippen LogP contribution is -2.39. The molecule has 1 aliphatic carbocycles. The zero-order chi connectivity index (χ0) is 14.0. The van der Waals surface area contributed by atoms with Gasteiger partial charge in [-0.3, -0.25) is 9.59 Å².